The van der Waals surface area contributed by atoms with Crippen LogP contribution in [-0.4, -0.2) is 6.04 Å². The van der Waals surface area contributed by atoms with E-state index in [0.717, 1.165) is 6.54 Å². The van der Waals surface area contributed by atoms with Crippen LogP contribution in [0.4, 0.5) is 0 Å². The fourth-order valence-corrected chi connectivity index (χ4v) is 2.11. The summed E-state index contributed by atoms with van der Waals surface area (Å²) in [4.78, 5) is 0. The zero-order valence-corrected chi connectivity index (χ0v) is 10.9. The van der Waals surface area contributed by atoms with Crippen molar-refractivity contribution in [3.63, 3.8) is 0 Å². The summed E-state index contributed by atoms with van der Waals surface area (Å²) in [5, 5.41) is 3.68. The SMILES string of the molecule is CCCC(CCC)NCc1ccccc1C. The van der Waals surface area contributed by atoms with E-state index in [1.54, 1.807) is 0 Å². The molecule has 1 aromatic rings. The highest BCUT2D eigenvalue weighted by molar-refractivity contribution is 5.25. The molecule has 16 heavy (non-hydrogen) atoms. The largest absolute Gasteiger partial charge is 0.310 e. The Labute approximate surface area is 100 Å². The molecular formula is C15H25N. The number of nitrogens with one attached hydrogen (secondary N) is 1. The van der Waals surface area contributed by atoms with Gasteiger partial charge in [-0.05, 0) is 30.9 Å². The monoisotopic (exact) mass is 219 g/mol. The first-order valence-corrected chi connectivity index (χ1v) is 6.55. The van der Waals surface area contributed by atoms with Crippen molar-refractivity contribution < 1.29 is 0 Å². The normalized spacial score (nSPS) is 11.0. The number of hydrogen-bond donors (Lipinski definition) is 1. The molecule has 0 radical (unpaired) electrons. The van der Waals surface area contributed by atoms with Crippen LogP contribution in [-0.2, 0) is 6.54 Å². The summed E-state index contributed by atoms with van der Waals surface area (Å²) in [6, 6.07) is 9.32. The fraction of sp³-hybridized carbons (Fsp3) is 0.600. The molecule has 0 aliphatic carbocycles. The Balaban J connectivity index is 2.45. The van der Waals surface area contributed by atoms with Crippen molar-refractivity contribution in [1.82, 2.24) is 5.32 Å². The second-order valence-electron chi connectivity index (χ2n) is 4.58. The number of rotatable bonds is 7. The lowest BCUT2D eigenvalue weighted by Crippen LogP contribution is -2.28. The van der Waals surface area contributed by atoms with Crippen molar-refractivity contribution in [2.75, 3.05) is 0 Å². The lowest BCUT2D eigenvalue weighted by atomic mass is 10.0. The van der Waals surface area contributed by atoms with Crippen molar-refractivity contribution in [1.29, 1.82) is 0 Å². The molecule has 1 aromatic carbocycles. The molecule has 0 aromatic heterocycles. The van der Waals surface area contributed by atoms with E-state index >= 15 is 0 Å². The lowest BCUT2D eigenvalue weighted by molar-refractivity contribution is 0.443. The predicted molar refractivity (Wildman–Crippen MR) is 71.6 cm³/mol. The van der Waals surface area contributed by atoms with Crippen LogP contribution >= 0.6 is 0 Å². The van der Waals surface area contributed by atoms with Gasteiger partial charge < -0.3 is 5.32 Å². The minimum Gasteiger partial charge on any atom is -0.310 e. The average Bonchev–Trinajstić information content (AvgIpc) is 2.28. The first-order chi connectivity index (χ1) is 7.77. The molecule has 1 rings (SSSR count). The molecule has 0 saturated heterocycles. The summed E-state index contributed by atoms with van der Waals surface area (Å²) < 4.78 is 0. The summed E-state index contributed by atoms with van der Waals surface area (Å²) >= 11 is 0. The quantitative estimate of drug-likeness (QED) is 0.729. The van der Waals surface area contributed by atoms with Crippen molar-refractivity contribution in [2.24, 2.45) is 0 Å². The second-order valence-corrected chi connectivity index (χ2v) is 4.58. The van der Waals surface area contributed by atoms with E-state index < -0.39 is 0 Å². The molecule has 0 saturated carbocycles. The Hall–Kier alpha value is -0.820. The molecule has 0 spiro atoms. The van der Waals surface area contributed by atoms with Gasteiger partial charge in [0.05, 0.1) is 0 Å². The van der Waals surface area contributed by atoms with Gasteiger partial charge in [0.2, 0.25) is 0 Å². The van der Waals surface area contributed by atoms with Gasteiger partial charge in [-0.3, -0.25) is 0 Å². The van der Waals surface area contributed by atoms with Crippen LogP contribution < -0.4 is 5.32 Å². The van der Waals surface area contributed by atoms with Crippen molar-refractivity contribution in [3.8, 4) is 0 Å². The Kier molecular flexibility index (Phi) is 6.17. The summed E-state index contributed by atoms with van der Waals surface area (Å²) in [7, 11) is 0. The van der Waals surface area contributed by atoms with E-state index in [1.165, 1.54) is 36.8 Å². The Morgan fingerprint density at radius 3 is 2.25 bits per heavy atom. The van der Waals surface area contributed by atoms with Gasteiger partial charge in [0.1, 0.15) is 0 Å². The molecule has 0 atom stereocenters. The molecule has 0 amide bonds. The van der Waals surface area contributed by atoms with Crippen molar-refractivity contribution >= 4 is 0 Å². The fourth-order valence-electron chi connectivity index (χ4n) is 2.11. The standard InChI is InChI=1S/C15H25N/c1-4-8-15(9-5-2)16-12-14-11-7-6-10-13(14)3/h6-7,10-11,15-16H,4-5,8-9,12H2,1-3H3. The predicted octanol–water partition coefficient (Wildman–Crippen LogP) is 4.05. The lowest BCUT2D eigenvalue weighted by Gasteiger charge is -2.18. The Morgan fingerprint density at radius 2 is 1.69 bits per heavy atom. The van der Waals surface area contributed by atoms with Crippen LogP contribution in [0.5, 0.6) is 0 Å². The molecule has 1 heteroatoms. The molecule has 1 N–H and O–H groups in total. The number of aryl methyl sites for hydroxylation is 1. The van der Waals surface area contributed by atoms with E-state index in [0.29, 0.717) is 6.04 Å². The highest BCUT2D eigenvalue weighted by atomic mass is 14.9. The van der Waals surface area contributed by atoms with E-state index in [-0.39, 0.29) is 0 Å². The minimum atomic E-state index is 0.689. The maximum atomic E-state index is 3.68. The van der Waals surface area contributed by atoms with Gasteiger partial charge in [0.15, 0.2) is 0 Å². The number of benzene rings is 1. The number of hydrogen-bond acceptors (Lipinski definition) is 1. The third-order valence-corrected chi connectivity index (χ3v) is 3.12. The summed E-state index contributed by atoms with van der Waals surface area (Å²) in [5.41, 5.74) is 2.82. The Bertz CT molecular complexity index is 287. The van der Waals surface area contributed by atoms with Gasteiger partial charge in [-0.1, -0.05) is 51.0 Å². The van der Waals surface area contributed by atoms with Crippen LogP contribution in [0.25, 0.3) is 0 Å². The average molecular weight is 219 g/mol. The molecule has 0 aliphatic rings. The van der Waals surface area contributed by atoms with Crippen LogP contribution in [0.15, 0.2) is 24.3 Å². The smallest absolute Gasteiger partial charge is 0.0210 e. The van der Waals surface area contributed by atoms with E-state index in [4.69, 9.17) is 0 Å². The van der Waals surface area contributed by atoms with Gasteiger partial charge in [0.25, 0.3) is 0 Å². The first kappa shape index (κ1) is 13.2. The first-order valence-electron chi connectivity index (χ1n) is 6.55. The van der Waals surface area contributed by atoms with E-state index in [9.17, 15) is 0 Å². The zero-order valence-electron chi connectivity index (χ0n) is 10.9. The topological polar surface area (TPSA) is 12.0 Å². The molecular weight excluding hydrogens is 194 g/mol. The van der Waals surface area contributed by atoms with Gasteiger partial charge in [0, 0.05) is 12.6 Å². The second kappa shape index (κ2) is 7.45. The van der Waals surface area contributed by atoms with Crippen molar-refractivity contribution in [3.05, 3.63) is 35.4 Å². The van der Waals surface area contributed by atoms with Gasteiger partial charge in [-0.15, -0.1) is 0 Å². The van der Waals surface area contributed by atoms with Crippen LogP contribution in [0, 0.1) is 6.92 Å². The summed E-state index contributed by atoms with van der Waals surface area (Å²) in [5.74, 6) is 0. The molecule has 0 bridgehead atoms. The van der Waals surface area contributed by atoms with Gasteiger partial charge >= 0.3 is 0 Å². The van der Waals surface area contributed by atoms with E-state index in [2.05, 4.69) is 50.4 Å². The highest BCUT2D eigenvalue weighted by Crippen LogP contribution is 2.09. The van der Waals surface area contributed by atoms with Gasteiger partial charge in [-0.2, -0.15) is 0 Å². The highest BCUT2D eigenvalue weighted by Gasteiger charge is 2.06. The third kappa shape index (κ3) is 4.36. The summed E-state index contributed by atoms with van der Waals surface area (Å²) in [6.45, 7) is 7.72. The molecule has 0 fully saturated rings. The molecule has 0 unspecified atom stereocenters. The van der Waals surface area contributed by atoms with Crippen LogP contribution in [0.2, 0.25) is 0 Å². The molecule has 1 nitrogen and oxygen atoms in total. The zero-order chi connectivity index (χ0) is 11.8. The third-order valence-electron chi connectivity index (χ3n) is 3.12. The summed E-state index contributed by atoms with van der Waals surface area (Å²) in [6.07, 6.45) is 5.12. The Morgan fingerprint density at radius 1 is 1.06 bits per heavy atom. The molecule has 90 valence electrons. The maximum Gasteiger partial charge on any atom is 0.0210 e. The van der Waals surface area contributed by atoms with Crippen molar-refractivity contribution in [2.45, 2.75) is 59.0 Å². The van der Waals surface area contributed by atoms with Crippen LogP contribution in [0.3, 0.4) is 0 Å². The minimum absolute atomic E-state index is 0.689. The van der Waals surface area contributed by atoms with E-state index in [1.807, 2.05) is 0 Å². The molecule has 0 heterocycles. The van der Waals surface area contributed by atoms with Gasteiger partial charge in [-0.25, -0.2) is 0 Å². The maximum absolute atomic E-state index is 3.68. The molecule has 0 aliphatic heterocycles. The van der Waals surface area contributed by atoms with Crippen LogP contribution in [0.1, 0.15) is 50.7 Å².